The van der Waals surface area contributed by atoms with Gasteiger partial charge in [0.25, 0.3) is 0 Å². The van der Waals surface area contributed by atoms with E-state index in [0.29, 0.717) is 19.5 Å². The number of hydrogen-bond donors (Lipinski definition) is 3. The van der Waals surface area contributed by atoms with Crippen molar-refractivity contribution in [2.45, 2.75) is 26.4 Å². The van der Waals surface area contributed by atoms with Crippen molar-refractivity contribution in [1.82, 2.24) is 10.6 Å². The van der Waals surface area contributed by atoms with Gasteiger partial charge in [0, 0.05) is 18.8 Å². The minimum atomic E-state index is -0.525. The van der Waals surface area contributed by atoms with Crippen LogP contribution in [0.25, 0.3) is 0 Å². The molecule has 0 saturated heterocycles. The van der Waals surface area contributed by atoms with Crippen molar-refractivity contribution in [3.8, 4) is 0 Å². The van der Waals surface area contributed by atoms with Gasteiger partial charge in [-0.25, -0.2) is 4.79 Å². The normalized spacial score (nSPS) is 11.6. The first-order chi connectivity index (χ1) is 10.1. The Morgan fingerprint density at radius 2 is 1.90 bits per heavy atom. The van der Waals surface area contributed by atoms with Crippen LogP contribution < -0.4 is 15.5 Å². The molecule has 0 fully saturated rings. The summed E-state index contributed by atoms with van der Waals surface area (Å²) in [5, 5.41) is 14.6. The fourth-order valence-electron chi connectivity index (χ4n) is 1.83. The minimum absolute atomic E-state index is 0.0121. The second kappa shape index (κ2) is 8.97. The van der Waals surface area contributed by atoms with Gasteiger partial charge in [-0.3, -0.25) is 10.1 Å². The van der Waals surface area contributed by atoms with E-state index in [2.05, 4.69) is 10.6 Å². The third-order valence-electron chi connectivity index (χ3n) is 2.95. The molecule has 0 bridgehead atoms. The largest absolute Gasteiger partial charge is 0.391 e. The summed E-state index contributed by atoms with van der Waals surface area (Å²) in [7, 11) is 0. The van der Waals surface area contributed by atoms with Crippen LogP contribution in [0.5, 0.6) is 0 Å². The molecule has 0 aliphatic heterocycles. The van der Waals surface area contributed by atoms with Crippen LogP contribution in [-0.4, -0.2) is 42.8 Å². The fourth-order valence-corrected chi connectivity index (χ4v) is 1.83. The van der Waals surface area contributed by atoms with Crippen LogP contribution >= 0.6 is 0 Å². The molecule has 116 valence electrons. The van der Waals surface area contributed by atoms with Gasteiger partial charge in [-0.2, -0.15) is 0 Å². The number of carbonyl (C=O) groups is 2. The summed E-state index contributed by atoms with van der Waals surface area (Å²) in [6, 6.07) is 8.83. The summed E-state index contributed by atoms with van der Waals surface area (Å²) in [6.07, 6.45) is 0.0730. The number of nitrogens with one attached hydrogen (secondary N) is 2. The van der Waals surface area contributed by atoms with Crippen molar-refractivity contribution in [1.29, 1.82) is 0 Å². The van der Waals surface area contributed by atoms with Crippen molar-refractivity contribution in [2.75, 3.05) is 24.5 Å². The molecule has 0 aliphatic carbocycles. The predicted molar refractivity (Wildman–Crippen MR) is 82.2 cm³/mol. The Bertz CT molecular complexity index is 451. The van der Waals surface area contributed by atoms with Gasteiger partial charge < -0.3 is 15.3 Å². The number of hydrogen-bond acceptors (Lipinski definition) is 4. The lowest BCUT2D eigenvalue weighted by atomic mass is 10.2. The number of aliphatic hydroxyl groups excluding tert-OH is 1. The summed E-state index contributed by atoms with van der Waals surface area (Å²) in [5.41, 5.74) is 0.830. The van der Waals surface area contributed by atoms with Crippen LogP contribution in [0.2, 0.25) is 0 Å². The van der Waals surface area contributed by atoms with E-state index in [1.807, 2.05) is 37.3 Å². The van der Waals surface area contributed by atoms with Crippen LogP contribution in [0.1, 0.15) is 20.3 Å². The number of benzene rings is 1. The molecule has 6 heteroatoms. The van der Waals surface area contributed by atoms with Gasteiger partial charge in [0.1, 0.15) is 0 Å². The number of carbonyl (C=O) groups excluding carboxylic acids is 2. The fraction of sp³-hybridized carbons (Fsp3) is 0.467. The van der Waals surface area contributed by atoms with E-state index >= 15 is 0 Å². The van der Waals surface area contributed by atoms with Gasteiger partial charge in [-0.1, -0.05) is 25.1 Å². The van der Waals surface area contributed by atoms with Crippen LogP contribution in [0.15, 0.2) is 30.3 Å². The molecule has 1 rings (SSSR count). The highest BCUT2D eigenvalue weighted by Crippen LogP contribution is 2.13. The van der Waals surface area contributed by atoms with Crippen molar-refractivity contribution in [3.05, 3.63) is 30.3 Å². The number of nitrogens with zero attached hydrogens (tertiary/aromatic N) is 1. The van der Waals surface area contributed by atoms with E-state index in [-0.39, 0.29) is 6.54 Å². The first-order valence-corrected chi connectivity index (χ1v) is 7.12. The molecule has 0 aliphatic rings. The molecule has 6 nitrogen and oxygen atoms in total. The van der Waals surface area contributed by atoms with Gasteiger partial charge in [0.05, 0.1) is 12.6 Å². The zero-order chi connectivity index (χ0) is 15.7. The molecule has 3 N–H and O–H groups in total. The first-order valence-electron chi connectivity index (χ1n) is 7.12. The summed E-state index contributed by atoms with van der Waals surface area (Å²) >= 11 is 0. The molecule has 1 aromatic rings. The number of urea groups is 1. The Labute approximate surface area is 125 Å². The van der Waals surface area contributed by atoms with Crippen molar-refractivity contribution < 1.29 is 14.7 Å². The number of aliphatic hydroxyl groups is 1. The molecular weight excluding hydrogens is 270 g/mol. The van der Waals surface area contributed by atoms with E-state index in [1.54, 1.807) is 11.8 Å². The topological polar surface area (TPSA) is 81.7 Å². The Hall–Kier alpha value is -2.08. The second-order valence-electron chi connectivity index (χ2n) is 4.69. The lowest BCUT2D eigenvalue weighted by Gasteiger charge is -2.26. The summed E-state index contributed by atoms with van der Waals surface area (Å²) in [5.74, 6) is -0.409. The van der Waals surface area contributed by atoms with Crippen LogP contribution in [0.4, 0.5) is 10.5 Å². The van der Waals surface area contributed by atoms with Crippen molar-refractivity contribution >= 4 is 17.6 Å². The molecule has 0 heterocycles. The predicted octanol–water partition coefficient (Wildman–Crippen LogP) is 1.11. The van der Waals surface area contributed by atoms with Crippen molar-refractivity contribution in [3.63, 3.8) is 0 Å². The number of rotatable bonds is 7. The lowest BCUT2D eigenvalue weighted by molar-refractivity contribution is -0.118. The molecule has 0 spiro atoms. The van der Waals surface area contributed by atoms with E-state index in [9.17, 15) is 14.7 Å². The maximum Gasteiger partial charge on any atom is 0.321 e. The van der Waals surface area contributed by atoms with Gasteiger partial charge in [0.2, 0.25) is 5.91 Å². The standard InChI is InChI=1S/C15H23N3O3/c1-3-13(19)10-18(12-8-6-5-7-9-12)11-14(20)17-15(21)16-4-2/h5-9,13,19H,3-4,10-11H2,1-2H3,(H2,16,17,20,21)/t13-/m1/s1. The Morgan fingerprint density at radius 1 is 1.24 bits per heavy atom. The van der Waals surface area contributed by atoms with E-state index in [0.717, 1.165) is 5.69 Å². The second-order valence-corrected chi connectivity index (χ2v) is 4.69. The smallest absolute Gasteiger partial charge is 0.321 e. The molecule has 0 unspecified atom stereocenters. The zero-order valence-corrected chi connectivity index (χ0v) is 12.5. The van der Waals surface area contributed by atoms with E-state index < -0.39 is 18.0 Å². The highest BCUT2D eigenvalue weighted by Gasteiger charge is 2.16. The van der Waals surface area contributed by atoms with E-state index in [1.165, 1.54) is 0 Å². The third-order valence-corrected chi connectivity index (χ3v) is 2.95. The SMILES string of the molecule is CCNC(=O)NC(=O)CN(C[C@H](O)CC)c1ccccc1. The summed E-state index contributed by atoms with van der Waals surface area (Å²) in [4.78, 5) is 25.0. The van der Waals surface area contributed by atoms with E-state index in [4.69, 9.17) is 0 Å². The molecule has 21 heavy (non-hydrogen) atoms. The average Bonchev–Trinajstić information content (AvgIpc) is 2.47. The van der Waals surface area contributed by atoms with Gasteiger partial charge in [-0.15, -0.1) is 0 Å². The third kappa shape index (κ3) is 6.27. The monoisotopic (exact) mass is 293 g/mol. The minimum Gasteiger partial charge on any atom is -0.391 e. The van der Waals surface area contributed by atoms with Gasteiger partial charge >= 0.3 is 6.03 Å². The Balaban J connectivity index is 2.69. The molecular formula is C15H23N3O3. The van der Waals surface area contributed by atoms with Crippen LogP contribution in [0.3, 0.4) is 0 Å². The highest BCUT2D eigenvalue weighted by atomic mass is 16.3. The summed E-state index contributed by atoms with van der Waals surface area (Å²) < 4.78 is 0. The van der Waals surface area contributed by atoms with Crippen LogP contribution in [-0.2, 0) is 4.79 Å². The zero-order valence-electron chi connectivity index (χ0n) is 12.5. The van der Waals surface area contributed by atoms with Crippen LogP contribution in [0, 0.1) is 0 Å². The maximum atomic E-state index is 11.9. The quantitative estimate of drug-likeness (QED) is 0.703. The molecule has 1 aromatic carbocycles. The number of imide groups is 1. The number of anilines is 1. The number of amides is 3. The van der Waals surface area contributed by atoms with Crippen molar-refractivity contribution in [2.24, 2.45) is 0 Å². The lowest BCUT2D eigenvalue weighted by Crippen LogP contribution is -2.46. The molecule has 0 aromatic heterocycles. The Morgan fingerprint density at radius 3 is 2.48 bits per heavy atom. The van der Waals surface area contributed by atoms with Gasteiger partial charge in [0.15, 0.2) is 0 Å². The Kier molecular flexibility index (Phi) is 7.25. The van der Waals surface area contributed by atoms with Gasteiger partial charge in [-0.05, 0) is 25.5 Å². The summed E-state index contributed by atoms with van der Waals surface area (Å²) in [6.45, 7) is 4.46. The molecule has 3 amide bonds. The molecule has 0 saturated carbocycles. The molecule has 0 radical (unpaired) electrons. The maximum absolute atomic E-state index is 11.9. The average molecular weight is 293 g/mol. The number of para-hydroxylation sites is 1. The molecule has 1 atom stereocenters. The first kappa shape index (κ1) is 17.0. The highest BCUT2D eigenvalue weighted by molar-refractivity contribution is 5.96.